The van der Waals surface area contributed by atoms with Crippen LogP contribution in [0.3, 0.4) is 0 Å². The van der Waals surface area contributed by atoms with Crippen molar-refractivity contribution in [3.8, 4) is 5.75 Å². The summed E-state index contributed by atoms with van der Waals surface area (Å²) in [5.41, 5.74) is 5.39. The first-order chi connectivity index (χ1) is 9.13. The van der Waals surface area contributed by atoms with Crippen molar-refractivity contribution in [2.75, 3.05) is 13.7 Å². The first-order valence-corrected chi connectivity index (χ1v) is 7.50. The zero-order valence-corrected chi connectivity index (χ0v) is 12.8. The number of hydrogen-bond donors (Lipinski definition) is 1. The Bertz CT molecular complexity index is 433. The maximum atomic E-state index is 5.48. The Balaban J connectivity index is 1.99. The third kappa shape index (κ3) is 3.30. The summed E-state index contributed by atoms with van der Waals surface area (Å²) in [6.07, 6.45) is 6.64. The Kier molecular flexibility index (Phi) is 4.87. The van der Waals surface area contributed by atoms with Gasteiger partial charge in [0.25, 0.3) is 0 Å². The zero-order chi connectivity index (χ0) is 13.8. The van der Waals surface area contributed by atoms with Crippen molar-refractivity contribution in [3.05, 3.63) is 28.3 Å². The second-order valence-electron chi connectivity index (χ2n) is 5.82. The summed E-state index contributed by atoms with van der Waals surface area (Å²) >= 11 is 0. The largest absolute Gasteiger partial charge is 0.496 e. The molecule has 1 fully saturated rings. The second-order valence-corrected chi connectivity index (χ2v) is 5.82. The fraction of sp³-hybridized carbons (Fsp3) is 0.647. The van der Waals surface area contributed by atoms with Gasteiger partial charge in [-0.1, -0.05) is 18.9 Å². The van der Waals surface area contributed by atoms with Crippen LogP contribution in [-0.2, 0) is 6.42 Å². The standard InChI is InChI=1S/C17H27NO/c1-12-11-15(13(2)14(3)17(12)19-4)9-10-18-16-7-5-6-8-16/h11,16,18H,5-10H2,1-4H3. The average molecular weight is 261 g/mol. The molecule has 0 bridgehead atoms. The summed E-state index contributed by atoms with van der Waals surface area (Å²) in [6.45, 7) is 7.60. The molecule has 0 radical (unpaired) electrons. The summed E-state index contributed by atoms with van der Waals surface area (Å²) in [7, 11) is 1.76. The van der Waals surface area contributed by atoms with E-state index in [1.54, 1.807) is 7.11 Å². The molecule has 19 heavy (non-hydrogen) atoms. The molecule has 1 aliphatic rings. The summed E-state index contributed by atoms with van der Waals surface area (Å²) in [5, 5.41) is 3.69. The van der Waals surface area contributed by atoms with Crippen LogP contribution in [0.4, 0.5) is 0 Å². The summed E-state index contributed by atoms with van der Waals surface area (Å²) in [4.78, 5) is 0. The smallest absolute Gasteiger partial charge is 0.124 e. The van der Waals surface area contributed by atoms with Gasteiger partial charge in [0.2, 0.25) is 0 Å². The molecular formula is C17H27NO. The lowest BCUT2D eigenvalue weighted by atomic mass is 9.96. The molecule has 0 unspecified atom stereocenters. The molecule has 0 spiro atoms. The van der Waals surface area contributed by atoms with Gasteiger partial charge in [0, 0.05) is 6.04 Å². The van der Waals surface area contributed by atoms with Crippen LogP contribution in [0.5, 0.6) is 5.75 Å². The van der Waals surface area contributed by atoms with Crippen molar-refractivity contribution < 1.29 is 4.74 Å². The van der Waals surface area contributed by atoms with Crippen LogP contribution >= 0.6 is 0 Å². The molecule has 1 aromatic rings. The highest BCUT2D eigenvalue weighted by Crippen LogP contribution is 2.28. The number of hydrogen-bond acceptors (Lipinski definition) is 2. The Labute approximate surface area is 117 Å². The van der Waals surface area contributed by atoms with Crippen LogP contribution < -0.4 is 10.1 Å². The quantitative estimate of drug-likeness (QED) is 0.872. The van der Waals surface area contributed by atoms with Crippen molar-refractivity contribution in [2.45, 2.75) is 58.9 Å². The maximum absolute atomic E-state index is 5.48. The molecule has 1 aliphatic carbocycles. The van der Waals surface area contributed by atoms with E-state index in [0.29, 0.717) is 0 Å². The topological polar surface area (TPSA) is 21.3 Å². The molecule has 2 rings (SSSR count). The molecule has 0 heterocycles. The van der Waals surface area contributed by atoms with E-state index in [2.05, 4.69) is 32.2 Å². The summed E-state index contributed by atoms with van der Waals surface area (Å²) in [5.74, 6) is 1.05. The van der Waals surface area contributed by atoms with Crippen molar-refractivity contribution in [3.63, 3.8) is 0 Å². The van der Waals surface area contributed by atoms with E-state index in [1.165, 1.54) is 47.9 Å². The molecule has 0 aliphatic heterocycles. The number of rotatable bonds is 5. The molecule has 0 aromatic heterocycles. The molecule has 106 valence electrons. The Morgan fingerprint density at radius 2 is 1.84 bits per heavy atom. The van der Waals surface area contributed by atoms with Crippen LogP contribution in [0.2, 0.25) is 0 Å². The van der Waals surface area contributed by atoms with Crippen LogP contribution in [0, 0.1) is 20.8 Å². The molecule has 1 N–H and O–H groups in total. The molecule has 1 saturated carbocycles. The number of methoxy groups -OCH3 is 1. The molecule has 0 amide bonds. The maximum Gasteiger partial charge on any atom is 0.124 e. The van der Waals surface area contributed by atoms with E-state index in [9.17, 15) is 0 Å². The molecular weight excluding hydrogens is 234 g/mol. The molecule has 0 atom stereocenters. The second kappa shape index (κ2) is 6.42. The van der Waals surface area contributed by atoms with Crippen molar-refractivity contribution >= 4 is 0 Å². The first kappa shape index (κ1) is 14.4. The van der Waals surface area contributed by atoms with Crippen LogP contribution in [0.15, 0.2) is 6.07 Å². The van der Waals surface area contributed by atoms with Gasteiger partial charge in [-0.15, -0.1) is 0 Å². The normalized spacial score (nSPS) is 16.0. The van der Waals surface area contributed by atoms with Gasteiger partial charge in [0.1, 0.15) is 5.75 Å². The van der Waals surface area contributed by atoms with Crippen molar-refractivity contribution in [1.29, 1.82) is 0 Å². The highest BCUT2D eigenvalue weighted by molar-refractivity contribution is 5.49. The van der Waals surface area contributed by atoms with Gasteiger partial charge in [-0.3, -0.25) is 0 Å². The Morgan fingerprint density at radius 3 is 2.47 bits per heavy atom. The Hall–Kier alpha value is -1.02. The molecule has 0 saturated heterocycles. The van der Waals surface area contributed by atoms with E-state index in [4.69, 9.17) is 4.74 Å². The summed E-state index contributed by atoms with van der Waals surface area (Å²) in [6, 6.07) is 3.05. The zero-order valence-electron chi connectivity index (χ0n) is 12.8. The first-order valence-electron chi connectivity index (χ1n) is 7.50. The number of nitrogens with one attached hydrogen (secondary N) is 1. The van der Waals surface area contributed by atoms with E-state index in [-0.39, 0.29) is 0 Å². The summed E-state index contributed by atoms with van der Waals surface area (Å²) < 4.78 is 5.48. The predicted octanol–water partition coefficient (Wildman–Crippen LogP) is 3.70. The van der Waals surface area contributed by atoms with Gasteiger partial charge in [-0.25, -0.2) is 0 Å². The molecule has 2 heteroatoms. The van der Waals surface area contributed by atoms with E-state index in [1.807, 2.05) is 0 Å². The molecule has 1 aromatic carbocycles. The van der Waals surface area contributed by atoms with Crippen LogP contribution in [-0.4, -0.2) is 19.7 Å². The van der Waals surface area contributed by atoms with Crippen LogP contribution in [0.25, 0.3) is 0 Å². The lowest BCUT2D eigenvalue weighted by molar-refractivity contribution is 0.408. The van der Waals surface area contributed by atoms with Crippen molar-refractivity contribution in [2.24, 2.45) is 0 Å². The van der Waals surface area contributed by atoms with Gasteiger partial charge in [0.15, 0.2) is 0 Å². The number of aryl methyl sites for hydroxylation is 1. The van der Waals surface area contributed by atoms with E-state index < -0.39 is 0 Å². The molecule has 2 nitrogen and oxygen atoms in total. The van der Waals surface area contributed by atoms with E-state index in [0.717, 1.165) is 24.8 Å². The monoisotopic (exact) mass is 261 g/mol. The lowest BCUT2D eigenvalue weighted by Crippen LogP contribution is -2.28. The number of benzene rings is 1. The van der Waals surface area contributed by atoms with Crippen LogP contribution in [0.1, 0.15) is 47.9 Å². The minimum atomic E-state index is 0.765. The predicted molar refractivity (Wildman–Crippen MR) is 81.2 cm³/mol. The average Bonchev–Trinajstić information content (AvgIpc) is 2.89. The van der Waals surface area contributed by atoms with Gasteiger partial charge in [-0.2, -0.15) is 0 Å². The van der Waals surface area contributed by atoms with Gasteiger partial charge in [0.05, 0.1) is 7.11 Å². The SMILES string of the molecule is COc1c(C)cc(CCNC2CCCC2)c(C)c1C. The minimum absolute atomic E-state index is 0.765. The Morgan fingerprint density at radius 1 is 1.16 bits per heavy atom. The van der Waals surface area contributed by atoms with Gasteiger partial charge < -0.3 is 10.1 Å². The fourth-order valence-corrected chi connectivity index (χ4v) is 3.26. The van der Waals surface area contributed by atoms with Crippen molar-refractivity contribution in [1.82, 2.24) is 5.32 Å². The fourth-order valence-electron chi connectivity index (χ4n) is 3.26. The van der Waals surface area contributed by atoms with Gasteiger partial charge in [-0.05, 0) is 68.8 Å². The highest BCUT2D eigenvalue weighted by Gasteiger charge is 2.14. The highest BCUT2D eigenvalue weighted by atomic mass is 16.5. The van der Waals surface area contributed by atoms with Gasteiger partial charge >= 0.3 is 0 Å². The third-order valence-corrected chi connectivity index (χ3v) is 4.52. The number of ether oxygens (including phenoxy) is 1. The lowest BCUT2D eigenvalue weighted by Gasteiger charge is -2.17. The third-order valence-electron chi connectivity index (χ3n) is 4.52. The minimum Gasteiger partial charge on any atom is -0.496 e. The van der Waals surface area contributed by atoms with E-state index >= 15 is 0 Å².